The fraction of sp³-hybridized carbons (Fsp3) is 0.350. The summed E-state index contributed by atoms with van der Waals surface area (Å²) < 4.78 is 0. The predicted molar refractivity (Wildman–Crippen MR) is 103 cm³/mol. The third-order valence-electron chi connectivity index (χ3n) is 4.28. The van der Waals surface area contributed by atoms with Crippen LogP contribution in [-0.2, 0) is 0 Å². The van der Waals surface area contributed by atoms with E-state index in [-0.39, 0.29) is 17.9 Å². The Hall–Kier alpha value is -2.89. The van der Waals surface area contributed by atoms with Crippen molar-refractivity contribution in [3.05, 3.63) is 53.9 Å². The highest BCUT2D eigenvalue weighted by Gasteiger charge is 2.14. The van der Waals surface area contributed by atoms with Crippen LogP contribution < -0.4 is 15.5 Å². The summed E-state index contributed by atoms with van der Waals surface area (Å²) in [5.41, 5.74) is 2.62. The molecule has 2 heterocycles. The van der Waals surface area contributed by atoms with E-state index < -0.39 is 0 Å². The second-order valence-corrected chi connectivity index (χ2v) is 6.79. The second kappa shape index (κ2) is 7.99. The molecule has 0 radical (unpaired) electrons. The molecule has 0 bridgehead atoms. The molecule has 2 aromatic rings. The molecule has 0 atom stereocenters. The van der Waals surface area contributed by atoms with Gasteiger partial charge in [0.05, 0.1) is 11.1 Å². The van der Waals surface area contributed by atoms with Gasteiger partial charge in [0.15, 0.2) is 0 Å². The average Bonchev–Trinajstić information content (AvgIpc) is 3.16. The van der Waals surface area contributed by atoms with Gasteiger partial charge in [-0.3, -0.25) is 14.6 Å². The maximum Gasteiger partial charge on any atom is 0.257 e. The van der Waals surface area contributed by atoms with Crippen LogP contribution in [0.1, 0.15) is 47.4 Å². The average molecular weight is 352 g/mol. The molecule has 1 aromatic heterocycles. The van der Waals surface area contributed by atoms with Crippen LogP contribution in [0.5, 0.6) is 0 Å². The van der Waals surface area contributed by atoms with Crippen LogP contribution in [0.2, 0.25) is 0 Å². The van der Waals surface area contributed by atoms with Gasteiger partial charge in [-0.25, -0.2) is 0 Å². The Labute approximate surface area is 153 Å². The first-order chi connectivity index (χ1) is 12.5. The SMILES string of the molecule is CC(C)NC(=O)c1cncc(C(=O)Nc2ccc(N3CCCC3)cc2)c1. The zero-order chi connectivity index (χ0) is 18.5. The van der Waals surface area contributed by atoms with Crippen LogP contribution in [0.15, 0.2) is 42.7 Å². The molecule has 0 aliphatic carbocycles. The lowest BCUT2D eigenvalue weighted by Crippen LogP contribution is -2.30. The van der Waals surface area contributed by atoms with Gasteiger partial charge in [-0.2, -0.15) is 0 Å². The molecule has 1 saturated heterocycles. The summed E-state index contributed by atoms with van der Waals surface area (Å²) in [5, 5.41) is 5.65. The normalized spacial score (nSPS) is 13.7. The first kappa shape index (κ1) is 17.9. The standard InChI is InChI=1S/C20H24N4O2/c1-14(2)22-19(25)15-11-16(13-21-12-15)20(26)23-17-5-7-18(8-6-17)24-9-3-4-10-24/h5-8,11-14H,3-4,9-10H2,1-2H3,(H,22,25)(H,23,26). The first-order valence-electron chi connectivity index (χ1n) is 8.95. The molecule has 0 spiro atoms. The third-order valence-corrected chi connectivity index (χ3v) is 4.28. The molecule has 1 fully saturated rings. The van der Waals surface area contributed by atoms with E-state index in [1.807, 2.05) is 38.1 Å². The summed E-state index contributed by atoms with van der Waals surface area (Å²) in [6, 6.07) is 9.41. The van der Waals surface area contributed by atoms with Gasteiger partial charge in [0.25, 0.3) is 11.8 Å². The van der Waals surface area contributed by atoms with E-state index in [1.165, 1.54) is 30.9 Å². The Kier molecular flexibility index (Phi) is 5.51. The molecule has 1 aromatic carbocycles. The molecule has 6 heteroatoms. The minimum atomic E-state index is -0.286. The zero-order valence-corrected chi connectivity index (χ0v) is 15.2. The van der Waals surface area contributed by atoms with E-state index >= 15 is 0 Å². The van der Waals surface area contributed by atoms with Gasteiger partial charge in [-0.15, -0.1) is 0 Å². The summed E-state index contributed by atoms with van der Waals surface area (Å²) in [6.07, 6.45) is 5.37. The highest BCUT2D eigenvalue weighted by molar-refractivity contribution is 6.05. The lowest BCUT2D eigenvalue weighted by molar-refractivity contribution is 0.0942. The van der Waals surface area contributed by atoms with Crippen molar-refractivity contribution in [3.8, 4) is 0 Å². The first-order valence-corrected chi connectivity index (χ1v) is 8.95. The van der Waals surface area contributed by atoms with Gasteiger partial charge in [0.2, 0.25) is 0 Å². The number of nitrogens with one attached hydrogen (secondary N) is 2. The number of rotatable bonds is 5. The van der Waals surface area contributed by atoms with Crippen molar-refractivity contribution in [1.82, 2.24) is 10.3 Å². The van der Waals surface area contributed by atoms with Gasteiger partial charge in [0.1, 0.15) is 0 Å². The van der Waals surface area contributed by atoms with Gasteiger partial charge >= 0.3 is 0 Å². The minimum Gasteiger partial charge on any atom is -0.372 e. The number of carbonyl (C=O) groups excluding carboxylic acids is 2. The number of nitrogens with zero attached hydrogens (tertiary/aromatic N) is 2. The highest BCUT2D eigenvalue weighted by atomic mass is 16.2. The molecule has 2 amide bonds. The van der Waals surface area contributed by atoms with Crippen LogP contribution in [0, 0.1) is 0 Å². The summed E-state index contributed by atoms with van der Waals surface area (Å²) in [6.45, 7) is 5.94. The lowest BCUT2D eigenvalue weighted by atomic mass is 10.1. The summed E-state index contributed by atoms with van der Waals surface area (Å²) in [7, 11) is 0. The van der Waals surface area contributed by atoms with Crippen LogP contribution in [0.25, 0.3) is 0 Å². The quantitative estimate of drug-likeness (QED) is 0.867. The minimum absolute atomic E-state index is 0.0223. The molecule has 0 saturated carbocycles. The predicted octanol–water partition coefficient (Wildman–Crippen LogP) is 3.07. The largest absolute Gasteiger partial charge is 0.372 e. The molecule has 26 heavy (non-hydrogen) atoms. The molecular weight excluding hydrogens is 328 g/mol. The molecule has 1 aliphatic heterocycles. The molecule has 1 aliphatic rings. The van der Waals surface area contributed by atoms with Crippen molar-refractivity contribution in [2.24, 2.45) is 0 Å². The maximum atomic E-state index is 12.5. The molecular formula is C20H24N4O2. The van der Waals surface area contributed by atoms with Crippen molar-refractivity contribution >= 4 is 23.2 Å². The number of hydrogen-bond donors (Lipinski definition) is 2. The molecule has 136 valence electrons. The number of amides is 2. The molecule has 0 unspecified atom stereocenters. The Morgan fingerprint density at radius 3 is 2.23 bits per heavy atom. The van der Waals surface area contributed by atoms with Gasteiger partial charge < -0.3 is 15.5 Å². The van der Waals surface area contributed by atoms with E-state index in [4.69, 9.17) is 0 Å². The molecule has 6 nitrogen and oxygen atoms in total. The Morgan fingerprint density at radius 1 is 1.00 bits per heavy atom. The number of anilines is 2. The van der Waals surface area contributed by atoms with Gasteiger partial charge in [-0.1, -0.05) is 0 Å². The van der Waals surface area contributed by atoms with Crippen molar-refractivity contribution in [2.75, 3.05) is 23.3 Å². The Bertz CT molecular complexity index is 781. The highest BCUT2D eigenvalue weighted by Crippen LogP contribution is 2.22. The number of carbonyl (C=O) groups is 2. The number of pyridine rings is 1. The van der Waals surface area contributed by atoms with Crippen LogP contribution in [0.3, 0.4) is 0 Å². The topological polar surface area (TPSA) is 74.3 Å². The van der Waals surface area contributed by atoms with Crippen molar-refractivity contribution in [2.45, 2.75) is 32.7 Å². The monoisotopic (exact) mass is 352 g/mol. The van der Waals surface area contributed by atoms with Gasteiger partial charge in [-0.05, 0) is 57.0 Å². The lowest BCUT2D eigenvalue weighted by Gasteiger charge is -2.17. The van der Waals surface area contributed by atoms with E-state index in [1.54, 1.807) is 6.07 Å². The van der Waals surface area contributed by atoms with Gasteiger partial charge in [0, 0.05) is 42.9 Å². The van der Waals surface area contributed by atoms with Crippen LogP contribution in [0.4, 0.5) is 11.4 Å². The molecule has 2 N–H and O–H groups in total. The van der Waals surface area contributed by atoms with E-state index in [2.05, 4.69) is 20.5 Å². The number of aromatic nitrogens is 1. The zero-order valence-electron chi connectivity index (χ0n) is 15.2. The van der Waals surface area contributed by atoms with Crippen molar-refractivity contribution < 1.29 is 9.59 Å². The fourth-order valence-electron chi connectivity index (χ4n) is 2.97. The van der Waals surface area contributed by atoms with E-state index in [0.717, 1.165) is 18.8 Å². The third kappa shape index (κ3) is 4.39. The number of hydrogen-bond acceptors (Lipinski definition) is 4. The van der Waals surface area contributed by atoms with E-state index in [0.29, 0.717) is 11.1 Å². The van der Waals surface area contributed by atoms with Crippen LogP contribution in [-0.4, -0.2) is 35.9 Å². The summed E-state index contributed by atoms with van der Waals surface area (Å²) >= 11 is 0. The number of benzene rings is 1. The summed E-state index contributed by atoms with van der Waals surface area (Å²) in [4.78, 5) is 30.9. The Morgan fingerprint density at radius 2 is 1.62 bits per heavy atom. The van der Waals surface area contributed by atoms with Crippen LogP contribution >= 0.6 is 0 Å². The van der Waals surface area contributed by atoms with Crippen molar-refractivity contribution in [1.29, 1.82) is 0 Å². The maximum absolute atomic E-state index is 12.5. The fourth-order valence-corrected chi connectivity index (χ4v) is 2.97. The summed E-state index contributed by atoms with van der Waals surface area (Å²) in [5.74, 6) is -0.525. The smallest absolute Gasteiger partial charge is 0.257 e. The van der Waals surface area contributed by atoms with E-state index in [9.17, 15) is 9.59 Å². The molecule has 3 rings (SSSR count). The van der Waals surface area contributed by atoms with Crippen molar-refractivity contribution in [3.63, 3.8) is 0 Å². The second-order valence-electron chi connectivity index (χ2n) is 6.79. The Balaban J connectivity index is 1.67.